The van der Waals surface area contributed by atoms with E-state index < -0.39 is 0 Å². The van der Waals surface area contributed by atoms with Crippen molar-refractivity contribution in [3.63, 3.8) is 0 Å². The minimum Gasteiger partial charge on any atom is -0.325 e. The molecule has 0 heterocycles. The zero-order valence-electron chi connectivity index (χ0n) is 14.7. The van der Waals surface area contributed by atoms with E-state index in [9.17, 15) is 4.79 Å². The fourth-order valence-corrected chi connectivity index (χ4v) is 4.75. The van der Waals surface area contributed by atoms with Crippen LogP contribution in [-0.4, -0.2) is 5.91 Å². The standard InChI is InChI=1S/C21H26INO/c1-13(2)15-9-8-14(3)12-18(15)21(24)23-20-11-10-19(22)16-6-4-5-7-17(16)20/h4-7,10-11,13-15,18H,8-9,12H2,1-3H3,(H,23,24). The molecule has 0 aliphatic heterocycles. The second-order valence-corrected chi connectivity index (χ2v) is 8.72. The highest BCUT2D eigenvalue weighted by atomic mass is 127. The number of carbonyl (C=O) groups excluding carboxylic acids is 1. The number of hydrogen-bond acceptors (Lipinski definition) is 1. The summed E-state index contributed by atoms with van der Waals surface area (Å²) in [5, 5.41) is 5.57. The summed E-state index contributed by atoms with van der Waals surface area (Å²) in [6.45, 7) is 6.78. The van der Waals surface area contributed by atoms with Gasteiger partial charge >= 0.3 is 0 Å². The molecule has 3 heteroatoms. The first-order valence-corrected chi connectivity index (χ1v) is 10.0. The predicted octanol–water partition coefficient (Wildman–Crippen LogP) is 6.09. The summed E-state index contributed by atoms with van der Waals surface area (Å²) >= 11 is 2.35. The summed E-state index contributed by atoms with van der Waals surface area (Å²) in [5.74, 6) is 2.03. The number of amides is 1. The van der Waals surface area contributed by atoms with Crippen LogP contribution in [0.3, 0.4) is 0 Å². The molecule has 1 N–H and O–H groups in total. The van der Waals surface area contributed by atoms with Crippen LogP contribution in [-0.2, 0) is 4.79 Å². The lowest BCUT2D eigenvalue weighted by molar-refractivity contribution is -0.123. The second-order valence-electron chi connectivity index (χ2n) is 7.56. The number of halogens is 1. The largest absolute Gasteiger partial charge is 0.325 e. The van der Waals surface area contributed by atoms with E-state index in [-0.39, 0.29) is 11.8 Å². The van der Waals surface area contributed by atoms with Crippen LogP contribution in [0.4, 0.5) is 5.69 Å². The van der Waals surface area contributed by atoms with E-state index in [1.54, 1.807) is 0 Å². The SMILES string of the molecule is CC1CCC(C(C)C)C(C(=O)Nc2ccc(I)c3ccccc23)C1. The normalized spacial score (nSPS) is 24.3. The van der Waals surface area contributed by atoms with Gasteiger partial charge in [-0.1, -0.05) is 51.5 Å². The molecule has 1 fully saturated rings. The Bertz CT molecular complexity index is 740. The Hall–Kier alpha value is -1.10. The van der Waals surface area contributed by atoms with Crippen LogP contribution >= 0.6 is 22.6 Å². The smallest absolute Gasteiger partial charge is 0.227 e. The minimum atomic E-state index is 0.131. The first-order chi connectivity index (χ1) is 11.5. The molecule has 128 valence electrons. The summed E-state index contributed by atoms with van der Waals surface area (Å²) < 4.78 is 1.22. The molecular weight excluding hydrogens is 409 g/mol. The predicted molar refractivity (Wildman–Crippen MR) is 110 cm³/mol. The van der Waals surface area contributed by atoms with E-state index in [1.165, 1.54) is 21.8 Å². The molecule has 2 aromatic rings. The lowest BCUT2D eigenvalue weighted by atomic mass is 9.70. The van der Waals surface area contributed by atoms with Crippen LogP contribution in [0.15, 0.2) is 36.4 Å². The fourth-order valence-electron chi connectivity index (χ4n) is 4.10. The number of anilines is 1. The maximum Gasteiger partial charge on any atom is 0.227 e. The van der Waals surface area contributed by atoms with Gasteiger partial charge in [0.2, 0.25) is 5.91 Å². The highest BCUT2D eigenvalue weighted by Gasteiger charge is 2.35. The summed E-state index contributed by atoms with van der Waals surface area (Å²) in [6, 6.07) is 12.4. The molecule has 3 rings (SSSR count). The zero-order chi connectivity index (χ0) is 17.3. The quantitative estimate of drug-likeness (QED) is 0.581. The van der Waals surface area contributed by atoms with E-state index in [4.69, 9.17) is 0 Å². The van der Waals surface area contributed by atoms with Gasteiger partial charge in [-0.2, -0.15) is 0 Å². The third kappa shape index (κ3) is 3.61. The number of hydrogen-bond donors (Lipinski definition) is 1. The molecule has 2 nitrogen and oxygen atoms in total. The highest BCUT2D eigenvalue weighted by molar-refractivity contribution is 14.1. The Kier molecular flexibility index (Phi) is 5.48. The van der Waals surface area contributed by atoms with E-state index in [0.717, 1.165) is 17.5 Å². The summed E-state index contributed by atoms with van der Waals surface area (Å²) in [4.78, 5) is 13.0. The van der Waals surface area contributed by atoms with Gasteiger partial charge in [-0.3, -0.25) is 4.79 Å². The van der Waals surface area contributed by atoms with Crippen molar-refractivity contribution in [2.24, 2.45) is 23.7 Å². The van der Waals surface area contributed by atoms with Gasteiger partial charge in [0, 0.05) is 20.6 Å². The maximum absolute atomic E-state index is 13.0. The molecule has 24 heavy (non-hydrogen) atoms. The highest BCUT2D eigenvalue weighted by Crippen LogP contribution is 2.39. The van der Waals surface area contributed by atoms with Gasteiger partial charge in [0.05, 0.1) is 0 Å². The molecule has 3 atom stereocenters. The third-order valence-electron chi connectivity index (χ3n) is 5.49. The number of nitrogens with one attached hydrogen (secondary N) is 1. The molecule has 0 saturated heterocycles. The Morgan fingerprint density at radius 3 is 2.54 bits per heavy atom. The van der Waals surface area contributed by atoms with Crippen molar-refractivity contribution in [2.75, 3.05) is 5.32 Å². The van der Waals surface area contributed by atoms with Crippen molar-refractivity contribution in [1.29, 1.82) is 0 Å². The van der Waals surface area contributed by atoms with Crippen molar-refractivity contribution < 1.29 is 4.79 Å². The lowest BCUT2D eigenvalue weighted by Gasteiger charge is -2.36. The van der Waals surface area contributed by atoms with Crippen molar-refractivity contribution in [2.45, 2.75) is 40.0 Å². The third-order valence-corrected chi connectivity index (χ3v) is 6.43. The number of rotatable bonds is 3. The van der Waals surface area contributed by atoms with Crippen LogP contribution in [0.2, 0.25) is 0 Å². The molecule has 2 aromatic carbocycles. The molecule has 0 spiro atoms. The van der Waals surface area contributed by atoms with Crippen LogP contribution in [0.25, 0.3) is 10.8 Å². The van der Waals surface area contributed by atoms with Crippen LogP contribution in [0.1, 0.15) is 40.0 Å². The first kappa shape index (κ1) is 17.7. The molecule has 0 aromatic heterocycles. The number of fused-ring (bicyclic) bond motifs is 1. The molecule has 1 amide bonds. The maximum atomic E-state index is 13.0. The average molecular weight is 435 g/mol. The average Bonchev–Trinajstić information content (AvgIpc) is 2.57. The summed E-state index contributed by atoms with van der Waals surface area (Å²) in [5.41, 5.74) is 0.941. The number of carbonyl (C=O) groups is 1. The summed E-state index contributed by atoms with van der Waals surface area (Å²) in [6.07, 6.45) is 3.43. The molecule has 1 saturated carbocycles. The monoisotopic (exact) mass is 435 g/mol. The van der Waals surface area contributed by atoms with Crippen molar-refractivity contribution in [3.05, 3.63) is 40.0 Å². The fraction of sp³-hybridized carbons (Fsp3) is 0.476. The molecule has 1 aliphatic carbocycles. The van der Waals surface area contributed by atoms with Crippen molar-refractivity contribution >= 4 is 45.0 Å². The van der Waals surface area contributed by atoms with E-state index in [1.807, 2.05) is 18.2 Å². The van der Waals surface area contributed by atoms with E-state index in [0.29, 0.717) is 17.8 Å². The molecule has 0 radical (unpaired) electrons. The van der Waals surface area contributed by atoms with Gasteiger partial charge in [0.15, 0.2) is 0 Å². The van der Waals surface area contributed by atoms with E-state index >= 15 is 0 Å². The van der Waals surface area contributed by atoms with Gasteiger partial charge in [-0.25, -0.2) is 0 Å². The van der Waals surface area contributed by atoms with Crippen LogP contribution in [0, 0.1) is 27.2 Å². The Labute approximate surface area is 158 Å². The minimum absolute atomic E-state index is 0.131. The molecule has 3 unspecified atom stereocenters. The first-order valence-electron chi connectivity index (χ1n) is 8.95. The van der Waals surface area contributed by atoms with Gasteiger partial charge in [-0.05, 0) is 70.7 Å². The Morgan fingerprint density at radius 1 is 1.12 bits per heavy atom. The van der Waals surface area contributed by atoms with Gasteiger partial charge in [0.1, 0.15) is 0 Å². The second kappa shape index (κ2) is 7.42. The van der Waals surface area contributed by atoms with Gasteiger partial charge < -0.3 is 5.32 Å². The van der Waals surface area contributed by atoms with Crippen LogP contribution in [0.5, 0.6) is 0 Å². The Balaban J connectivity index is 1.87. The topological polar surface area (TPSA) is 29.1 Å². The van der Waals surface area contributed by atoms with Crippen LogP contribution < -0.4 is 5.32 Å². The van der Waals surface area contributed by atoms with Gasteiger partial charge in [0.25, 0.3) is 0 Å². The molecular formula is C21H26INO. The summed E-state index contributed by atoms with van der Waals surface area (Å²) in [7, 11) is 0. The zero-order valence-corrected chi connectivity index (χ0v) is 16.8. The molecule has 0 bridgehead atoms. The van der Waals surface area contributed by atoms with Crippen molar-refractivity contribution in [1.82, 2.24) is 0 Å². The lowest BCUT2D eigenvalue weighted by Crippen LogP contribution is -2.36. The Morgan fingerprint density at radius 2 is 1.83 bits per heavy atom. The number of benzene rings is 2. The van der Waals surface area contributed by atoms with Crippen molar-refractivity contribution in [3.8, 4) is 0 Å². The van der Waals surface area contributed by atoms with E-state index in [2.05, 4.69) is 66.9 Å². The molecule has 1 aliphatic rings. The van der Waals surface area contributed by atoms with Gasteiger partial charge in [-0.15, -0.1) is 0 Å².